The van der Waals surface area contributed by atoms with Crippen LogP contribution < -0.4 is 0 Å². The van der Waals surface area contributed by atoms with Crippen molar-refractivity contribution in [3.05, 3.63) is 60.5 Å². The van der Waals surface area contributed by atoms with Crippen molar-refractivity contribution in [1.82, 2.24) is 24.4 Å². The number of rotatable bonds is 6. The first-order chi connectivity index (χ1) is 13.6. The molecule has 4 heterocycles. The van der Waals surface area contributed by atoms with Crippen molar-refractivity contribution in [1.29, 1.82) is 0 Å². The largest absolute Gasteiger partial charge is 0.366 e. The molecule has 1 atom stereocenters. The minimum atomic E-state index is -3.43. The highest BCUT2D eigenvalue weighted by atomic mass is 32.2. The first-order valence-corrected chi connectivity index (χ1v) is 10.4. The van der Waals surface area contributed by atoms with Crippen molar-refractivity contribution < 1.29 is 17.7 Å². The molecular formula is C18H19N5O4S. The lowest BCUT2D eigenvalue weighted by molar-refractivity contribution is -0.0199. The average molecular weight is 401 g/mol. The molecule has 28 heavy (non-hydrogen) atoms. The Bertz CT molecular complexity index is 1010. The van der Waals surface area contributed by atoms with Gasteiger partial charge in [-0.15, -0.1) is 0 Å². The van der Waals surface area contributed by atoms with Gasteiger partial charge in [0.2, 0.25) is 15.8 Å². The topological polar surface area (TPSA) is 111 Å². The van der Waals surface area contributed by atoms with Crippen LogP contribution in [0.4, 0.5) is 0 Å². The number of aromatic nitrogens is 4. The highest BCUT2D eigenvalue weighted by Gasteiger charge is 2.33. The first kappa shape index (κ1) is 18.7. The number of hydrogen-bond acceptors (Lipinski definition) is 8. The van der Waals surface area contributed by atoms with Gasteiger partial charge >= 0.3 is 0 Å². The molecule has 146 valence electrons. The summed E-state index contributed by atoms with van der Waals surface area (Å²) < 4.78 is 37.9. The predicted molar refractivity (Wildman–Crippen MR) is 99.5 cm³/mol. The second-order valence-corrected chi connectivity index (χ2v) is 8.42. The maximum Gasteiger partial charge on any atom is 0.257 e. The van der Waals surface area contributed by atoms with Gasteiger partial charge in [-0.3, -0.25) is 9.97 Å². The fourth-order valence-electron chi connectivity index (χ4n) is 2.94. The zero-order chi connectivity index (χ0) is 19.4. The van der Waals surface area contributed by atoms with E-state index < -0.39 is 16.1 Å². The minimum Gasteiger partial charge on any atom is -0.366 e. The Morgan fingerprint density at radius 1 is 1.07 bits per heavy atom. The molecule has 0 bridgehead atoms. The number of morpholine rings is 1. The van der Waals surface area contributed by atoms with E-state index in [1.807, 2.05) is 12.1 Å². The van der Waals surface area contributed by atoms with Crippen molar-refractivity contribution in [3.63, 3.8) is 0 Å². The summed E-state index contributed by atoms with van der Waals surface area (Å²) in [6, 6.07) is 7.17. The molecule has 1 aliphatic heterocycles. The molecule has 0 amide bonds. The molecule has 1 aliphatic rings. The lowest BCUT2D eigenvalue weighted by Crippen LogP contribution is -2.43. The lowest BCUT2D eigenvalue weighted by Gasteiger charge is -2.30. The summed E-state index contributed by atoms with van der Waals surface area (Å²) in [5, 5.41) is 3.96. The Morgan fingerprint density at radius 3 is 2.54 bits per heavy atom. The summed E-state index contributed by atoms with van der Waals surface area (Å²) in [4.78, 5) is 12.3. The smallest absolute Gasteiger partial charge is 0.257 e. The van der Waals surface area contributed by atoms with E-state index in [0.717, 1.165) is 11.1 Å². The number of aryl methyl sites for hydroxylation is 1. The van der Waals surface area contributed by atoms with Crippen LogP contribution in [0.25, 0.3) is 11.4 Å². The van der Waals surface area contributed by atoms with Gasteiger partial charge in [0.15, 0.2) is 6.10 Å². The SMILES string of the molecule is O=S(=O)(CCc1ccncc1)N1CCO[C@H](c2nc(-c3ccncc3)no2)C1. The average Bonchev–Trinajstić information content (AvgIpc) is 3.24. The van der Waals surface area contributed by atoms with Crippen LogP contribution in [0.5, 0.6) is 0 Å². The van der Waals surface area contributed by atoms with Crippen LogP contribution in [0.3, 0.4) is 0 Å². The molecule has 3 aromatic rings. The molecule has 0 N–H and O–H groups in total. The van der Waals surface area contributed by atoms with Crippen molar-refractivity contribution in [3.8, 4) is 11.4 Å². The van der Waals surface area contributed by atoms with Gasteiger partial charge in [0.05, 0.1) is 12.4 Å². The summed E-state index contributed by atoms with van der Waals surface area (Å²) in [5.74, 6) is 0.704. The predicted octanol–water partition coefficient (Wildman–Crippen LogP) is 1.47. The number of sulfonamides is 1. The molecule has 10 heteroatoms. The first-order valence-electron chi connectivity index (χ1n) is 8.84. The van der Waals surface area contributed by atoms with E-state index in [1.165, 1.54) is 4.31 Å². The van der Waals surface area contributed by atoms with Crippen LogP contribution in [0.1, 0.15) is 17.6 Å². The normalized spacial score (nSPS) is 18.2. The maximum absolute atomic E-state index is 12.7. The summed E-state index contributed by atoms with van der Waals surface area (Å²) in [6.07, 6.45) is 6.43. The number of pyridine rings is 2. The van der Waals surface area contributed by atoms with Gasteiger partial charge in [0, 0.05) is 43.4 Å². The van der Waals surface area contributed by atoms with Crippen LogP contribution in [0.15, 0.2) is 53.6 Å². The fraction of sp³-hybridized carbons (Fsp3) is 0.333. The molecule has 0 aromatic carbocycles. The Morgan fingerprint density at radius 2 is 1.79 bits per heavy atom. The van der Waals surface area contributed by atoms with Crippen LogP contribution in [-0.4, -0.2) is 58.3 Å². The highest BCUT2D eigenvalue weighted by molar-refractivity contribution is 7.89. The van der Waals surface area contributed by atoms with Gasteiger partial charge in [0.1, 0.15) is 0 Å². The van der Waals surface area contributed by atoms with Gasteiger partial charge in [-0.1, -0.05) is 5.16 Å². The molecule has 9 nitrogen and oxygen atoms in total. The van der Waals surface area contributed by atoms with Gasteiger partial charge in [-0.05, 0) is 36.2 Å². The van der Waals surface area contributed by atoms with E-state index in [2.05, 4.69) is 20.1 Å². The number of ether oxygens (including phenoxy) is 1. The molecular weight excluding hydrogens is 382 g/mol. The summed E-state index contributed by atoms with van der Waals surface area (Å²) >= 11 is 0. The molecule has 0 spiro atoms. The van der Waals surface area contributed by atoms with Gasteiger partial charge < -0.3 is 9.26 Å². The van der Waals surface area contributed by atoms with Crippen LogP contribution in [0.2, 0.25) is 0 Å². The highest BCUT2D eigenvalue weighted by Crippen LogP contribution is 2.25. The second-order valence-electron chi connectivity index (χ2n) is 6.33. The molecule has 1 saturated heterocycles. The quantitative estimate of drug-likeness (QED) is 0.610. The Hall–Kier alpha value is -2.69. The van der Waals surface area contributed by atoms with Crippen molar-refractivity contribution in [2.45, 2.75) is 12.5 Å². The molecule has 0 unspecified atom stereocenters. The second kappa shape index (κ2) is 8.13. The van der Waals surface area contributed by atoms with Gasteiger partial charge in [-0.25, -0.2) is 8.42 Å². The summed E-state index contributed by atoms with van der Waals surface area (Å²) in [7, 11) is -3.43. The molecule has 0 aliphatic carbocycles. The Balaban J connectivity index is 1.43. The number of hydrogen-bond donors (Lipinski definition) is 0. The third-order valence-electron chi connectivity index (χ3n) is 4.48. The summed E-state index contributed by atoms with van der Waals surface area (Å²) in [5.41, 5.74) is 1.70. The zero-order valence-electron chi connectivity index (χ0n) is 15.0. The van der Waals surface area contributed by atoms with E-state index in [0.29, 0.717) is 18.8 Å². The van der Waals surface area contributed by atoms with Crippen LogP contribution >= 0.6 is 0 Å². The Kier molecular flexibility index (Phi) is 5.42. The lowest BCUT2D eigenvalue weighted by atomic mass is 10.2. The summed E-state index contributed by atoms with van der Waals surface area (Å²) in [6.45, 7) is 0.726. The standard InChI is InChI=1S/C18H19N5O4S/c24-28(25,12-5-14-1-6-19-7-2-14)23-10-11-26-16(13-23)18-21-17(22-27-18)15-3-8-20-9-4-15/h1-4,6-9,16H,5,10-13H2/t16-/m0/s1. The van der Waals surface area contributed by atoms with Crippen LogP contribution in [-0.2, 0) is 21.2 Å². The third kappa shape index (κ3) is 4.24. The van der Waals surface area contributed by atoms with E-state index in [1.54, 1.807) is 36.9 Å². The monoisotopic (exact) mass is 401 g/mol. The van der Waals surface area contributed by atoms with Crippen molar-refractivity contribution in [2.24, 2.45) is 0 Å². The van der Waals surface area contributed by atoms with Crippen molar-refractivity contribution in [2.75, 3.05) is 25.4 Å². The molecule has 4 rings (SSSR count). The third-order valence-corrected chi connectivity index (χ3v) is 6.31. The van der Waals surface area contributed by atoms with Gasteiger partial charge in [-0.2, -0.15) is 9.29 Å². The fourth-order valence-corrected chi connectivity index (χ4v) is 4.40. The van der Waals surface area contributed by atoms with E-state index in [4.69, 9.17) is 9.26 Å². The van der Waals surface area contributed by atoms with Gasteiger partial charge in [0.25, 0.3) is 5.89 Å². The van der Waals surface area contributed by atoms with E-state index in [9.17, 15) is 8.42 Å². The van der Waals surface area contributed by atoms with E-state index >= 15 is 0 Å². The molecule has 0 radical (unpaired) electrons. The van der Waals surface area contributed by atoms with E-state index in [-0.39, 0.29) is 24.8 Å². The Labute approximate surface area is 162 Å². The molecule has 3 aromatic heterocycles. The van der Waals surface area contributed by atoms with Crippen LogP contribution in [0, 0.1) is 0 Å². The van der Waals surface area contributed by atoms with Crippen molar-refractivity contribution >= 4 is 10.0 Å². The molecule has 1 fully saturated rings. The minimum absolute atomic E-state index is 0.0236. The zero-order valence-corrected chi connectivity index (χ0v) is 15.8. The number of nitrogens with zero attached hydrogens (tertiary/aromatic N) is 5. The molecule has 0 saturated carbocycles. The maximum atomic E-state index is 12.7.